The van der Waals surface area contributed by atoms with Crippen molar-refractivity contribution in [3.8, 4) is 11.5 Å². The predicted molar refractivity (Wildman–Crippen MR) is 106 cm³/mol. The first kappa shape index (κ1) is 18.7. The van der Waals surface area contributed by atoms with E-state index < -0.39 is 0 Å². The largest absolute Gasteiger partial charge is 0.504 e. The second-order valence-corrected chi connectivity index (χ2v) is 7.81. The third kappa shape index (κ3) is 3.41. The van der Waals surface area contributed by atoms with E-state index in [1.54, 1.807) is 18.2 Å². The molecule has 2 aliphatic rings. The van der Waals surface area contributed by atoms with E-state index in [2.05, 4.69) is 10.4 Å². The number of ether oxygens (including phenoxy) is 1. The maximum absolute atomic E-state index is 12.9. The van der Waals surface area contributed by atoms with Gasteiger partial charge in [0.25, 0.3) is 5.56 Å². The first-order valence-corrected chi connectivity index (χ1v) is 10.1. The fourth-order valence-corrected chi connectivity index (χ4v) is 4.55. The monoisotopic (exact) mass is 385 g/mol. The SMILES string of the molecule is COc1cc([C@H]2CC(=O)Nc3c2c(=O)[nH]n3C2CCCCCCC2)ccc1O. The Kier molecular flexibility index (Phi) is 5.15. The van der Waals surface area contributed by atoms with Crippen LogP contribution in [0.4, 0.5) is 5.82 Å². The van der Waals surface area contributed by atoms with E-state index in [0.29, 0.717) is 17.1 Å². The van der Waals surface area contributed by atoms with Crippen LogP contribution in [-0.4, -0.2) is 27.9 Å². The van der Waals surface area contributed by atoms with E-state index in [0.717, 1.165) is 31.2 Å². The number of nitrogens with zero attached hydrogens (tertiary/aromatic N) is 1. The number of carbonyl (C=O) groups is 1. The van der Waals surface area contributed by atoms with E-state index in [1.165, 1.54) is 26.4 Å². The van der Waals surface area contributed by atoms with Gasteiger partial charge in [0.2, 0.25) is 5.91 Å². The predicted octanol–water partition coefficient (Wildman–Crippen LogP) is 3.65. The average molecular weight is 385 g/mol. The van der Waals surface area contributed by atoms with Crippen molar-refractivity contribution in [2.24, 2.45) is 0 Å². The van der Waals surface area contributed by atoms with Crippen molar-refractivity contribution in [2.75, 3.05) is 12.4 Å². The van der Waals surface area contributed by atoms with Gasteiger partial charge < -0.3 is 15.2 Å². The number of hydrogen-bond donors (Lipinski definition) is 3. The third-order valence-electron chi connectivity index (χ3n) is 6.00. The fraction of sp³-hybridized carbons (Fsp3) is 0.524. The summed E-state index contributed by atoms with van der Waals surface area (Å²) in [5.41, 5.74) is 1.22. The molecule has 1 fully saturated rings. The van der Waals surface area contributed by atoms with Crippen molar-refractivity contribution in [3.63, 3.8) is 0 Å². The summed E-state index contributed by atoms with van der Waals surface area (Å²) >= 11 is 0. The summed E-state index contributed by atoms with van der Waals surface area (Å²) in [4.78, 5) is 25.4. The number of fused-ring (bicyclic) bond motifs is 1. The Bertz CT molecular complexity index is 922. The minimum atomic E-state index is -0.364. The standard InChI is InChI=1S/C21H27N3O4/c1-28-17-11-13(9-10-16(17)25)15-12-18(26)22-20-19(15)21(27)23-24(20)14-7-5-3-2-4-6-8-14/h9-11,14-15,25H,2-8,12H2,1H3,(H,22,26)(H,23,27)/t15-/m1/s1. The minimum absolute atomic E-state index is 0.0349. The van der Waals surface area contributed by atoms with E-state index >= 15 is 0 Å². The Morgan fingerprint density at radius 3 is 2.54 bits per heavy atom. The highest BCUT2D eigenvalue weighted by atomic mass is 16.5. The van der Waals surface area contributed by atoms with Gasteiger partial charge in [-0.3, -0.25) is 19.4 Å². The molecule has 1 aliphatic carbocycles. The molecule has 0 spiro atoms. The van der Waals surface area contributed by atoms with Crippen molar-refractivity contribution in [3.05, 3.63) is 39.7 Å². The number of amides is 1. The zero-order chi connectivity index (χ0) is 19.7. The highest BCUT2D eigenvalue weighted by molar-refractivity contribution is 5.94. The van der Waals surface area contributed by atoms with Crippen LogP contribution in [0.1, 0.15) is 74.5 Å². The summed E-state index contributed by atoms with van der Waals surface area (Å²) in [5.74, 6) is 0.498. The number of rotatable bonds is 3. The zero-order valence-electron chi connectivity index (χ0n) is 16.2. The maximum Gasteiger partial charge on any atom is 0.270 e. The highest BCUT2D eigenvalue weighted by Crippen LogP contribution is 2.40. The van der Waals surface area contributed by atoms with Crippen LogP contribution in [-0.2, 0) is 4.79 Å². The van der Waals surface area contributed by atoms with Crippen LogP contribution >= 0.6 is 0 Å². The van der Waals surface area contributed by atoms with Crippen molar-refractivity contribution >= 4 is 11.7 Å². The summed E-state index contributed by atoms with van der Waals surface area (Å²) in [6.45, 7) is 0. The van der Waals surface area contributed by atoms with Crippen LogP contribution in [0.25, 0.3) is 0 Å². The summed E-state index contributed by atoms with van der Waals surface area (Å²) in [6.07, 6.45) is 8.17. The second kappa shape index (κ2) is 7.73. The Hall–Kier alpha value is -2.70. The molecule has 28 heavy (non-hydrogen) atoms. The number of hydrogen-bond acceptors (Lipinski definition) is 4. The van der Waals surface area contributed by atoms with Crippen LogP contribution in [0, 0.1) is 0 Å². The number of benzene rings is 1. The molecule has 2 heterocycles. The number of phenols is 1. The Morgan fingerprint density at radius 2 is 1.82 bits per heavy atom. The Balaban J connectivity index is 1.75. The number of aromatic nitrogens is 2. The van der Waals surface area contributed by atoms with Crippen LogP contribution in [0.2, 0.25) is 0 Å². The topological polar surface area (TPSA) is 96.4 Å². The molecule has 1 amide bonds. The van der Waals surface area contributed by atoms with Gasteiger partial charge in [-0.15, -0.1) is 0 Å². The lowest BCUT2D eigenvalue weighted by Crippen LogP contribution is -2.27. The molecular formula is C21H27N3O4. The number of carbonyl (C=O) groups excluding carboxylic acids is 1. The molecule has 0 bridgehead atoms. The molecule has 1 atom stereocenters. The van der Waals surface area contributed by atoms with Gasteiger partial charge in [-0.25, -0.2) is 0 Å². The quantitative estimate of drug-likeness (QED) is 0.751. The van der Waals surface area contributed by atoms with Gasteiger partial charge in [-0.1, -0.05) is 38.2 Å². The minimum Gasteiger partial charge on any atom is -0.504 e. The van der Waals surface area contributed by atoms with E-state index in [1.807, 2.05) is 4.68 Å². The zero-order valence-corrected chi connectivity index (χ0v) is 16.2. The van der Waals surface area contributed by atoms with Crippen molar-refractivity contribution in [2.45, 2.75) is 63.3 Å². The molecule has 4 rings (SSSR count). The van der Waals surface area contributed by atoms with E-state index in [-0.39, 0.29) is 35.6 Å². The lowest BCUT2D eigenvalue weighted by atomic mass is 9.87. The van der Waals surface area contributed by atoms with Crippen molar-refractivity contribution in [1.82, 2.24) is 9.78 Å². The van der Waals surface area contributed by atoms with Gasteiger partial charge >= 0.3 is 0 Å². The molecule has 7 nitrogen and oxygen atoms in total. The molecule has 0 radical (unpaired) electrons. The first-order chi connectivity index (χ1) is 13.6. The lowest BCUT2D eigenvalue weighted by Gasteiger charge is -2.27. The Morgan fingerprint density at radius 1 is 1.11 bits per heavy atom. The molecular weight excluding hydrogens is 358 g/mol. The van der Waals surface area contributed by atoms with Gasteiger partial charge in [-0.05, 0) is 30.5 Å². The molecule has 1 saturated carbocycles. The number of methoxy groups -OCH3 is 1. The van der Waals surface area contributed by atoms with Crippen molar-refractivity contribution in [1.29, 1.82) is 0 Å². The van der Waals surface area contributed by atoms with Gasteiger partial charge in [-0.2, -0.15) is 0 Å². The number of aromatic amines is 1. The summed E-state index contributed by atoms with van der Waals surface area (Å²) in [5, 5.41) is 15.8. The molecule has 150 valence electrons. The molecule has 2 aromatic rings. The van der Waals surface area contributed by atoms with Crippen LogP contribution in [0.15, 0.2) is 23.0 Å². The molecule has 0 unspecified atom stereocenters. The average Bonchev–Trinajstić information content (AvgIpc) is 2.97. The molecule has 0 saturated heterocycles. The second-order valence-electron chi connectivity index (χ2n) is 7.81. The number of nitrogens with one attached hydrogen (secondary N) is 2. The molecule has 1 aromatic heterocycles. The normalized spacial score (nSPS) is 20.8. The molecule has 3 N–H and O–H groups in total. The van der Waals surface area contributed by atoms with Gasteiger partial charge in [0.05, 0.1) is 18.7 Å². The molecule has 1 aliphatic heterocycles. The van der Waals surface area contributed by atoms with Crippen LogP contribution < -0.4 is 15.6 Å². The summed E-state index contributed by atoms with van der Waals surface area (Å²) in [6, 6.07) is 5.19. The van der Waals surface area contributed by atoms with Crippen LogP contribution in [0.3, 0.4) is 0 Å². The number of H-pyrrole nitrogens is 1. The van der Waals surface area contributed by atoms with E-state index in [9.17, 15) is 14.7 Å². The summed E-state index contributed by atoms with van der Waals surface area (Å²) < 4.78 is 7.10. The smallest absolute Gasteiger partial charge is 0.270 e. The van der Waals surface area contributed by atoms with Crippen molar-refractivity contribution < 1.29 is 14.6 Å². The van der Waals surface area contributed by atoms with E-state index in [4.69, 9.17) is 4.74 Å². The van der Waals surface area contributed by atoms with Gasteiger partial charge in [0.1, 0.15) is 5.82 Å². The third-order valence-corrected chi connectivity index (χ3v) is 6.00. The van der Waals surface area contributed by atoms with Gasteiger partial charge in [0, 0.05) is 12.3 Å². The number of aromatic hydroxyl groups is 1. The maximum atomic E-state index is 12.9. The fourth-order valence-electron chi connectivity index (χ4n) is 4.55. The molecule has 1 aromatic carbocycles. The highest BCUT2D eigenvalue weighted by Gasteiger charge is 2.34. The van der Waals surface area contributed by atoms with Crippen LogP contribution in [0.5, 0.6) is 11.5 Å². The first-order valence-electron chi connectivity index (χ1n) is 10.1. The lowest BCUT2D eigenvalue weighted by molar-refractivity contribution is -0.116. The number of phenolic OH excluding ortho intramolecular Hbond substituents is 1. The molecule has 7 heteroatoms. The Labute approximate surface area is 163 Å². The summed E-state index contributed by atoms with van der Waals surface area (Å²) in [7, 11) is 1.48. The number of anilines is 1. The van der Waals surface area contributed by atoms with Gasteiger partial charge in [0.15, 0.2) is 11.5 Å².